The third-order valence-corrected chi connectivity index (χ3v) is 5.86. The molecule has 1 saturated heterocycles. The number of morpholine rings is 1. The Balaban J connectivity index is 1.46. The average molecular weight is 445 g/mol. The van der Waals surface area contributed by atoms with E-state index in [9.17, 15) is 0 Å². The lowest BCUT2D eigenvalue weighted by Crippen LogP contribution is -2.43. The molecule has 1 unspecified atom stereocenters. The van der Waals surface area contributed by atoms with Gasteiger partial charge in [0.15, 0.2) is 0 Å². The summed E-state index contributed by atoms with van der Waals surface area (Å²) in [6.07, 6.45) is 5.46. The molecular formula is C27H32N4O2. The van der Waals surface area contributed by atoms with Crippen LogP contribution < -0.4 is 15.3 Å². The molecule has 172 valence electrons. The molecule has 0 amide bonds. The van der Waals surface area contributed by atoms with Gasteiger partial charge in [0.1, 0.15) is 0 Å². The number of hydroxylamine groups is 1. The van der Waals surface area contributed by atoms with E-state index < -0.39 is 0 Å². The molecular weight excluding hydrogens is 412 g/mol. The Kier molecular flexibility index (Phi) is 8.09. The SMILES string of the molecule is C=Cc1ccccc1N(Cc1ccncc1)C(C)NOCc1ccccc1N1CCOCC1. The number of pyridine rings is 1. The maximum Gasteiger partial charge on any atom is 0.1000 e. The Morgan fingerprint density at radius 1 is 1.09 bits per heavy atom. The Hall–Kier alpha value is -3.19. The van der Waals surface area contributed by atoms with Crippen molar-refractivity contribution < 1.29 is 9.57 Å². The maximum atomic E-state index is 6.04. The first-order valence-corrected chi connectivity index (χ1v) is 11.4. The first kappa shape index (κ1) is 23.0. The van der Waals surface area contributed by atoms with Crippen LogP contribution in [0.25, 0.3) is 6.08 Å². The van der Waals surface area contributed by atoms with Crippen molar-refractivity contribution in [3.63, 3.8) is 0 Å². The summed E-state index contributed by atoms with van der Waals surface area (Å²) in [5, 5.41) is 0. The minimum Gasteiger partial charge on any atom is -0.378 e. The summed E-state index contributed by atoms with van der Waals surface area (Å²) in [6, 6.07) is 20.8. The Labute approximate surface area is 196 Å². The Morgan fingerprint density at radius 2 is 1.82 bits per heavy atom. The van der Waals surface area contributed by atoms with Crippen LogP contribution in [0.3, 0.4) is 0 Å². The fraction of sp³-hybridized carbons (Fsp3) is 0.296. The number of para-hydroxylation sites is 2. The van der Waals surface area contributed by atoms with Gasteiger partial charge in [0.05, 0.1) is 26.0 Å². The Bertz CT molecular complexity index is 1020. The molecule has 4 rings (SSSR count). The summed E-state index contributed by atoms with van der Waals surface area (Å²) in [5.74, 6) is 0. The van der Waals surface area contributed by atoms with Crippen LogP contribution in [0.15, 0.2) is 79.6 Å². The van der Waals surface area contributed by atoms with Crippen LogP contribution in [-0.2, 0) is 22.7 Å². The second-order valence-corrected chi connectivity index (χ2v) is 8.06. The van der Waals surface area contributed by atoms with Gasteiger partial charge in [-0.25, -0.2) is 0 Å². The first-order chi connectivity index (χ1) is 16.3. The van der Waals surface area contributed by atoms with Crippen LogP contribution in [0.1, 0.15) is 23.6 Å². The minimum atomic E-state index is -0.0742. The van der Waals surface area contributed by atoms with Crippen molar-refractivity contribution in [1.82, 2.24) is 10.5 Å². The van der Waals surface area contributed by atoms with Crippen molar-refractivity contribution in [2.45, 2.75) is 26.2 Å². The molecule has 0 bridgehead atoms. The van der Waals surface area contributed by atoms with Gasteiger partial charge in [0.25, 0.3) is 0 Å². The van der Waals surface area contributed by atoms with Gasteiger partial charge in [-0.2, -0.15) is 5.48 Å². The van der Waals surface area contributed by atoms with E-state index in [2.05, 4.69) is 70.2 Å². The molecule has 2 heterocycles. The molecule has 1 atom stereocenters. The number of hydrogen-bond donors (Lipinski definition) is 1. The lowest BCUT2D eigenvalue weighted by atomic mass is 10.1. The van der Waals surface area contributed by atoms with Crippen molar-refractivity contribution in [1.29, 1.82) is 0 Å². The monoisotopic (exact) mass is 444 g/mol. The van der Waals surface area contributed by atoms with E-state index in [1.54, 1.807) is 0 Å². The zero-order valence-corrected chi connectivity index (χ0v) is 19.2. The van der Waals surface area contributed by atoms with Crippen LogP contribution in [0, 0.1) is 0 Å². The van der Waals surface area contributed by atoms with Gasteiger partial charge in [-0.05, 0) is 42.3 Å². The van der Waals surface area contributed by atoms with Crippen molar-refractivity contribution in [2.75, 3.05) is 36.1 Å². The van der Waals surface area contributed by atoms with Crippen LogP contribution in [0.4, 0.5) is 11.4 Å². The second-order valence-electron chi connectivity index (χ2n) is 8.06. The summed E-state index contributed by atoms with van der Waals surface area (Å²) in [4.78, 5) is 14.8. The predicted molar refractivity (Wildman–Crippen MR) is 134 cm³/mol. The number of nitrogens with one attached hydrogen (secondary N) is 1. The molecule has 0 radical (unpaired) electrons. The molecule has 6 nitrogen and oxygen atoms in total. The first-order valence-electron chi connectivity index (χ1n) is 11.4. The quantitative estimate of drug-likeness (QED) is 0.363. The van der Waals surface area contributed by atoms with Gasteiger partial charge in [-0.1, -0.05) is 49.1 Å². The van der Waals surface area contributed by atoms with Crippen LogP contribution in [0.2, 0.25) is 0 Å². The van der Waals surface area contributed by atoms with E-state index in [-0.39, 0.29) is 6.17 Å². The van der Waals surface area contributed by atoms with Crippen LogP contribution in [-0.4, -0.2) is 37.5 Å². The van der Waals surface area contributed by atoms with Crippen molar-refractivity contribution in [2.24, 2.45) is 0 Å². The normalized spacial score (nSPS) is 14.6. The van der Waals surface area contributed by atoms with Gasteiger partial charge < -0.3 is 14.5 Å². The lowest BCUT2D eigenvalue weighted by Gasteiger charge is -2.33. The molecule has 1 fully saturated rings. The minimum absolute atomic E-state index is 0.0742. The van der Waals surface area contributed by atoms with Gasteiger partial charge in [-0.3, -0.25) is 9.82 Å². The molecule has 33 heavy (non-hydrogen) atoms. The molecule has 0 saturated carbocycles. The molecule has 0 aliphatic carbocycles. The standard InChI is InChI=1S/C27H32N4O2/c1-3-24-8-4-7-11-27(24)31(20-23-12-14-28-15-13-23)22(2)29-33-21-25-9-5-6-10-26(25)30-16-18-32-19-17-30/h3-15,22,29H,1,16-21H2,2H3. The lowest BCUT2D eigenvalue weighted by molar-refractivity contribution is 0.00657. The molecule has 6 heteroatoms. The summed E-state index contributed by atoms with van der Waals surface area (Å²) < 4.78 is 5.51. The van der Waals surface area contributed by atoms with E-state index in [4.69, 9.17) is 9.57 Å². The number of benzene rings is 2. The molecule has 0 spiro atoms. The van der Waals surface area contributed by atoms with Gasteiger partial charge in [0, 0.05) is 49.0 Å². The van der Waals surface area contributed by atoms with E-state index in [1.807, 2.05) is 42.7 Å². The summed E-state index contributed by atoms with van der Waals surface area (Å²) in [5.41, 5.74) is 8.99. The van der Waals surface area contributed by atoms with Gasteiger partial charge in [-0.15, -0.1) is 0 Å². The third-order valence-electron chi connectivity index (χ3n) is 5.86. The van der Waals surface area contributed by atoms with Crippen LogP contribution >= 0.6 is 0 Å². The predicted octanol–water partition coefficient (Wildman–Crippen LogP) is 4.64. The molecule has 3 aromatic rings. The number of rotatable bonds is 10. The smallest absolute Gasteiger partial charge is 0.1000 e. The van der Waals surface area contributed by atoms with E-state index in [0.717, 1.165) is 49.7 Å². The highest BCUT2D eigenvalue weighted by Crippen LogP contribution is 2.26. The van der Waals surface area contributed by atoms with Crippen LogP contribution in [0.5, 0.6) is 0 Å². The van der Waals surface area contributed by atoms with E-state index in [0.29, 0.717) is 6.61 Å². The fourth-order valence-electron chi connectivity index (χ4n) is 4.09. The number of ether oxygens (including phenoxy) is 1. The number of aromatic nitrogens is 1. The number of hydrogen-bond acceptors (Lipinski definition) is 6. The molecule has 1 N–H and O–H groups in total. The average Bonchev–Trinajstić information content (AvgIpc) is 2.88. The van der Waals surface area contributed by atoms with Gasteiger partial charge in [0.2, 0.25) is 0 Å². The zero-order chi connectivity index (χ0) is 22.9. The summed E-state index contributed by atoms with van der Waals surface area (Å²) in [7, 11) is 0. The number of nitrogens with zero attached hydrogens (tertiary/aromatic N) is 3. The topological polar surface area (TPSA) is 49.9 Å². The molecule has 1 aliphatic rings. The Morgan fingerprint density at radius 3 is 2.61 bits per heavy atom. The van der Waals surface area contributed by atoms with Crippen molar-refractivity contribution in [3.05, 3.63) is 96.3 Å². The highest BCUT2D eigenvalue weighted by Gasteiger charge is 2.18. The largest absolute Gasteiger partial charge is 0.378 e. The summed E-state index contributed by atoms with van der Waals surface area (Å²) in [6.45, 7) is 10.6. The van der Waals surface area contributed by atoms with Gasteiger partial charge >= 0.3 is 0 Å². The van der Waals surface area contributed by atoms with Crippen molar-refractivity contribution in [3.8, 4) is 0 Å². The third kappa shape index (κ3) is 5.99. The maximum absolute atomic E-state index is 6.04. The second kappa shape index (κ2) is 11.6. The highest BCUT2D eigenvalue weighted by atomic mass is 16.6. The van der Waals surface area contributed by atoms with E-state index >= 15 is 0 Å². The summed E-state index contributed by atoms with van der Waals surface area (Å²) >= 11 is 0. The highest BCUT2D eigenvalue weighted by molar-refractivity contribution is 5.67. The fourth-order valence-corrected chi connectivity index (χ4v) is 4.09. The molecule has 2 aromatic carbocycles. The number of anilines is 2. The zero-order valence-electron chi connectivity index (χ0n) is 19.2. The van der Waals surface area contributed by atoms with Crippen molar-refractivity contribution >= 4 is 17.5 Å². The molecule has 1 aromatic heterocycles. The molecule has 1 aliphatic heterocycles. The van der Waals surface area contributed by atoms with E-state index in [1.165, 1.54) is 11.3 Å².